The summed E-state index contributed by atoms with van der Waals surface area (Å²) in [4.78, 5) is 26.4. The molecule has 0 radical (unpaired) electrons. The number of aryl methyl sites for hydroxylation is 1. The van der Waals surface area contributed by atoms with Crippen molar-refractivity contribution in [1.29, 1.82) is 0 Å². The molecule has 4 heteroatoms. The molecular formula is C19H18O3S. The van der Waals surface area contributed by atoms with Gasteiger partial charge in [0.1, 0.15) is 0 Å². The SMILES string of the molecule is COC(=O)C1=CC2=C(CC1)CCc1c(ccc3c1C(=O)CC3)S2. The average Bonchev–Trinajstić information content (AvgIpc) is 2.85. The zero-order valence-corrected chi connectivity index (χ0v) is 13.9. The average molecular weight is 326 g/mol. The third-order valence-electron chi connectivity index (χ3n) is 4.95. The third-order valence-corrected chi connectivity index (χ3v) is 6.18. The van der Waals surface area contributed by atoms with Gasteiger partial charge in [0.25, 0.3) is 0 Å². The summed E-state index contributed by atoms with van der Waals surface area (Å²) in [5.41, 5.74) is 5.56. The summed E-state index contributed by atoms with van der Waals surface area (Å²) in [6.07, 6.45) is 7.08. The minimum Gasteiger partial charge on any atom is -0.466 e. The van der Waals surface area contributed by atoms with Gasteiger partial charge in [-0.05, 0) is 55.4 Å². The maximum absolute atomic E-state index is 12.2. The predicted molar refractivity (Wildman–Crippen MR) is 89.6 cm³/mol. The van der Waals surface area contributed by atoms with Crippen LogP contribution in [0.2, 0.25) is 0 Å². The van der Waals surface area contributed by atoms with Crippen LogP contribution < -0.4 is 0 Å². The smallest absolute Gasteiger partial charge is 0.333 e. The summed E-state index contributed by atoms with van der Waals surface area (Å²) < 4.78 is 4.86. The van der Waals surface area contributed by atoms with E-state index in [1.807, 2.05) is 6.08 Å². The summed E-state index contributed by atoms with van der Waals surface area (Å²) in [5.74, 6) is 0.0638. The highest BCUT2D eigenvalue weighted by Gasteiger charge is 2.28. The van der Waals surface area contributed by atoms with Crippen LogP contribution in [-0.4, -0.2) is 18.9 Å². The standard InChI is InChI=1S/C19H18O3S/c1-22-19(21)13-3-2-11-4-7-14-16(23-17(11)10-13)9-6-12-5-8-15(20)18(12)14/h6,9-10H,2-5,7-8H2,1H3. The van der Waals surface area contributed by atoms with Crippen molar-refractivity contribution in [2.45, 2.75) is 43.4 Å². The van der Waals surface area contributed by atoms with Crippen molar-refractivity contribution in [3.63, 3.8) is 0 Å². The van der Waals surface area contributed by atoms with Gasteiger partial charge in [-0.3, -0.25) is 4.79 Å². The van der Waals surface area contributed by atoms with Gasteiger partial charge in [0.15, 0.2) is 5.78 Å². The Kier molecular flexibility index (Phi) is 3.64. The van der Waals surface area contributed by atoms with Gasteiger partial charge in [-0.25, -0.2) is 4.79 Å². The molecule has 23 heavy (non-hydrogen) atoms. The fraction of sp³-hybridized carbons (Fsp3) is 0.368. The molecule has 0 saturated carbocycles. The Bertz CT molecular complexity index is 786. The van der Waals surface area contributed by atoms with Gasteiger partial charge in [-0.15, -0.1) is 0 Å². The van der Waals surface area contributed by atoms with Crippen molar-refractivity contribution in [3.05, 3.63) is 51.0 Å². The molecular weight excluding hydrogens is 308 g/mol. The van der Waals surface area contributed by atoms with Crippen molar-refractivity contribution in [3.8, 4) is 0 Å². The number of Topliss-reactive ketones (excluding diaryl/α,β-unsaturated/α-hetero) is 1. The highest BCUT2D eigenvalue weighted by molar-refractivity contribution is 8.03. The summed E-state index contributed by atoms with van der Waals surface area (Å²) >= 11 is 1.70. The second-order valence-corrected chi connectivity index (χ2v) is 7.31. The Morgan fingerprint density at radius 2 is 1.91 bits per heavy atom. The van der Waals surface area contributed by atoms with Gasteiger partial charge < -0.3 is 4.74 Å². The monoisotopic (exact) mass is 326 g/mol. The van der Waals surface area contributed by atoms with Gasteiger partial charge >= 0.3 is 5.97 Å². The number of hydrogen-bond donors (Lipinski definition) is 0. The molecule has 0 N–H and O–H groups in total. The highest BCUT2D eigenvalue weighted by Crippen LogP contribution is 2.44. The molecule has 2 aliphatic carbocycles. The number of rotatable bonds is 1. The lowest BCUT2D eigenvalue weighted by atomic mass is 9.92. The number of carbonyl (C=O) groups is 2. The summed E-state index contributed by atoms with van der Waals surface area (Å²) in [6.45, 7) is 0. The molecule has 1 heterocycles. The van der Waals surface area contributed by atoms with E-state index in [0.717, 1.165) is 43.2 Å². The molecule has 3 nitrogen and oxygen atoms in total. The zero-order chi connectivity index (χ0) is 16.0. The first kappa shape index (κ1) is 14.8. The first-order valence-corrected chi connectivity index (χ1v) is 8.85. The number of carbonyl (C=O) groups excluding carboxylic acids is 2. The van der Waals surface area contributed by atoms with E-state index in [1.54, 1.807) is 11.8 Å². The largest absolute Gasteiger partial charge is 0.466 e. The summed E-state index contributed by atoms with van der Waals surface area (Å²) in [5, 5.41) is 0. The van der Waals surface area contributed by atoms with Gasteiger partial charge in [0.05, 0.1) is 7.11 Å². The number of fused-ring (bicyclic) bond motifs is 3. The minimum atomic E-state index is -0.231. The first-order chi connectivity index (χ1) is 11.2. The van der Waals surface area contributed by atoms with Gasteiger partial charge in [-0.1, -0.05) is 23.4 Å². The van der Waals surface area contributed by atoms with Crippen LogP contribution >= 0.6 is 11.8 Å². The second kappa shape index (κ2) is 5.68. The summed E-state index contributed by atoms with van der Waals surface area (Å²) in [6, 6.07) is 4.25. The van der Waals surface area contributed by atoms with Gasteiger partial charge in [-0.2, -0.15) is 0 Å². The van der Waals surface area contributed by atoms with Crippen LogP contribution in [0.1, 0.15) is 47.2 Å². The van der Waals surface area contributed by atoms with Crippen molar-refractivity contribution >= 4 is 23.5 Å². The maximum Gasteiger partial charge on any atom is 0.333 e. The molecule has 0 saturated heterocycles. The van der Waals surface area contributed by atoms with E-state index >= 15 is 0 Å². The number of ether oxygens (including phenoxy) is 1. The Morgan fingerprint density at radius 3 is 2.74 bits per heavy atom. The molecule has 1 aromatic rings. The van der Waals surface area contributed by atoms with E-state index in [9.17, 15) is 9.59 Å². The number of methoxy groups -OCH3 is 1. The van der Waals surface area contributed by atoms with E-state index in [4.69, 9.17) is 4.74 Å². The zero-order valence-electron chi connectivity index (χ0n) is 13.1. The van der Waals surface area contributed by atoms with E-state index in [2.05, 4.69) is 12.1 Å². The van der Waals surface area contributed by atoms with Crippen LogP contribution in [0.4, 0.5) is 0 Å². The van der Waals surface area contributed by atoms with Gasteiger partial charge in [0, 0.05) is 27.4 Å². The minimum absolute atomic E-state index is 0.231. The Balaban J connectivity index is 1.73. The lowest BCUT2D eigenvalue weighted by molar-refractivity contribution is -0.136. The lowest BCUT2D eigenvalue weighted by Gasteiger charge is -2.16. The van der Waals surface area contributed by atoms with Crippen molar-refractivity contribution in [2.24, 2.45) is 0 Å². The number of esters is 1. The number of ketones is 1. The van der Waals surface area contributed by atoms with Crippen molar-refractivity contribution < 1.29 is 14.3 Å². The molecule has 0 bridgehead atoms. The lowest BCUT2D eigenvalue weighted by Crippen LogP contribution is -2.09. The molecule has 0 spiro atoms. The normalized spacial score (nSPS) is 19.5. The fourth-order valence-electron chi connectivity index (χ4n) is 3.73. The quantitative estimate of drug-likeness (QED) is 0.732. The topological polar surface area (TPSA) is 43.4 Å². The van der Waals surface area contributed by atoms with E-state index in [1.165, 1.54) is 33.6 Å². The van der Waals surface area contributed by atoms with Crippen LogP contribution in [0.25, 0.3) is 0 Å². The molecule has 0 atom stereocenters. The Hall–Kier alpha value is -1.81. The third kappa shape index (κ3) is 2.45. The summed E-state index contributed by atoms with van der Waals surface area (Å²) in [7, 11) is 1.43. The second-order valence-electron chi connectivity index (χ2n) is 6.23. The number of thioether (sulfide) groups is 1. The first-order valence-electron chi connectivity index (χ1n) is 8.04. The number of allylic oxidation sites excluding steroid dienone is 2. The fourth-order valence-corrected chi connectivity index (χ4v) is 4.98. The number of hydrogen-bond acceptors (Lipinski definition) is 4. The van der Waals surface area contributed by atoms with Crippen LogP contribution in [-0.2, 0) is 22.4 Å². The van der Waals surface area contributed by atoms with E-state index in [-0.39, 0.29) is 5.97 Å². The van der Waals surface area contributed by atoms with E-state index in [0.29, 0.717) is 12.2 Å². The Labute approximate surface area is 139 Å². The molecule has 0 unspecified atom stereocenters. The molecule has 0 fully saturated rings. The van der Waals surface area contributed by atoms with Crippen LogP contribution in [0.15, 0.2) is 39.2 Å². The molecule has 3 aliphatic rings. The number of benzene rings is 1. The van der Waals surface area contributed by atoms with Crippen molar-refractivity contribution in [1.82, 2.24) is 0 Å². The molecule has 0 amide bonds. The molecule has 0 aromatic heterocycles. The molecule has 4 rings (SSSR count). The molecule has 1 aromatic carbocycles. The van der Waals surface area contributed by atoms with Gasteiger partial charge in [0.2, 0.25) is 0 Å². The molecule has 1 aliphatic heterocycles. The van der Waals surface area contributed by atoms with Crippen molar-refractivity contribution in [2.75, 3.05) is 7.11 Å². The Morgan fingerprint density at radius 1 is 1.09 bits per heavy atom. The van der Waals surface area contributed by atoms with Crippen LogP contribution in [0, 0.1) is 0 Å². The predicted octanol–water partition coefficient (Wildman–Crippen LogP) is 4.00. The molecule has 118 valence electrons. The van der Waals surface area contributed by atoms with Crippen LogP contribution in [0.3, 0.4) is 0 Å². The van der Waals surface area contributed by atoms with Crippen LogP contribution in [0.5, 0.6) is 0 Å². The van der Waals surface area contributed by atoms with E-state index < -0.39 is 0 Å². The maximum atomic E-state index is 12.2. The highest BCUT2D eigenvalue weighted by atomic mass is 32.2.